The Labute approximate surface area is 179 Å². The number of fused-ring (bicyclic) bond motifs is 1. The van der Waals surface area contributed by atoms with Gasteiger partial charge in [-0.3, -0.25) is 14.0 Å². The Morgan fingerprint density at radius 3 is 2.77 bits per heavy atom. The van der Waals surface area contributed by atoms with E-state index in [0.717, 1.165) is 5.69 Å². The van der Waals surface area contributed by atoms with Gasteiger partial charge in [-0.05, 0) is 37.3 Å². The minimum atomic E-state index is -0.647. The molecule has 0 aliphatic rings. The zero-order valence-electron chi connectivity index (χ0n) is 16.3. The molecular weight excluding hydrogens is 421 g/mol. The number of aromatic nitrogens is 2. The van der Waals surface area contributed by atoms with Crippen LogP contribution in [0.1, 0.15) is 32.1 Å². The van der Waals surface area contributed by atoms with Gasteiger partial charge in [-0.2, -0.15) is 0 Å². The van der Waals surface area contributed by atoms with Gasteiger partial charge in [-0.15, -0.1) is 11.3 Å². The van der Waals surface area contributed by atoms with E-state index in [0.29, 0.717) is 16.3 Å². The van der Waals surface area contributed by atoms with Crippen LogP contribution in [0.15, 0.2) is 64.8 Å². The number of benzene rings is 2. The molecule has 0 saturated carbocycles. The van der Waals surface area contributed by atoms with E-state index >= 15 is 0 Å². The molecule has 0 aliphatic carbocycles. The van der Waals surface area contributed by atoms with Crippen LogP contribution in [0.4, 0.5) is 10.1 Å². The number of rotatable bonds is 5. The van der Waals surface area contributed by atoms with Crippen LogP contribution in [-0.2, 0) is 11.3 Å². The molecule has 0 radical (unpaired) electrons. The number of nitrogens with one attached hydrogen (secondary N) is 1. The van der Waals surface area contributed by atoms with E-state index in [1.807, 2.05) is 12.3 Å². The summed E-state index contributed by atoms with van der Waals surface area (Å²) in [5.41, 5.74) is 1.28. The normalized spacial score (nSPS) is 10.8. The van der Waals surface area contributed by atoms with Gasteiger partial charge >= 0.3 is 5.97 Å². The molecule has 156 valence electrons. The van der Waals surface area contributed by atoms with Crippen molar-refractivity contribution in [1.29, 1.82) is 0 Å². The summed E-state index contributed by atoms with van der Waals surface area (Å²) in [5.74, 6) is -1.92. The van der Waals surface area contributed by atoms with Crippen molar-refractivity contribution in [3.05, 3.63) is 98.7 Å². The molecule has 9 heteroatoms. The van der Waals surface area contributed by atoms with Crippen LogP contribution in [0, 0.1) is 12.7 Å². The van der Waals surface area contributed by atoms with Gasteiger partial charge < -0.3 is 10.1 Å². The average Bonchev–Trinajstić information content (AvgIpc) is 3.13. The Bertz CT molecular complexity index is 1360. The predicted octanol–water partition coefficient (Wildman–Crippen LogP) is 3.81. The first-order valence-electron chi connectivity index (χ1n) is 9.22. The smallest absolute Gasteiger partial charge is 0.338 e. The van der Waals surface area contributed by atoms with Crippen LogP contribution in [0.5, 0.6) is 0 Å². The second-order valence-electron chi connectivity index (χ2n) is 6.67. The number of carbonyl (C=O) groups excluding carboxylic acids is 2. The molecular formula is C22H16FN3O4S. The highest BCUT2D eigenvalue weighted by Gasteiger charge is 2.14. The van der Waals surface area contributed by atoms with E-state index in [2.05, 4.69) is 10.3 Å². The average molecular weight is 437 g/mol. The Morgan fingerprint density at radius 1 is 1.16 bits per heavy atom. The molecule has 2 heterocycles. The molecule has 1 N–H and O–H groups in total. The van der Waals surface area contributed by atoms with Crippen molar-refractivity contribution < 1.29 is 18.7 Å². The highest BCUT2D eigenvalue weighted by Crippen LogP contribution is 2.16. The summed E-state index contributed by atoms with van der Waals surface area (Å²) in [4.78, 5) is 41.8. The monoisotopic (exact) mass is 437 g/mol. The molecule has 2 aromatic heterocycles. The summed E-state index contributed by atoms with van der Waals surface area (Å²) in [6.45, 7) is 1.64. The minimum Gasteiger partial charge on any atom is -0.456 e. The first-order chi connectivity index (χ1) is 14.9. The van der Waals surface area contributed by atoms with Crippen LogP contribution < -0.4 is 10.9 Å². The van der Waals surface area contributed by atoms with Crippen molar-refractivity contribution >= 4 is 33.9 Å². The third kappa shape index (κ3) is 4.36. The maximum atomic E-state index is 13.8. The molecule has 0 fully saturated rings. The standard InChI is InChI=1S/C22H16FN3O4S/c1-13-12-31-22-25-16(10-19(27)26(13)22)11-30-21(29)14-5-4-6-15(9-14)24-20(28)17-7-2-3-8-18(17)23/h2-10,12H,11H2,1H3,(H,24,28). The van der Waals surface area contributed by atoms with E-state index in [9.17, 15) is 18.8 Å². The highest BCUT2D eigenvalue weighted by atomic mass is 32.1. The minimum absolute atomic E-state index is 0.105. The summed E-state index contributed by atoms with van der Waals surface area (Å²) < 4.78 is 20.5. The molecule has 1 amide bonds. The number of carbonyl (C=O) groups is 2. The summed E-state index contributed by atoms with van der Waals surface area (Å²) in [7, 11) is 0. The van der Waals surface area contributed by atoms with Gasteiger partial charge in [0.2, 0.25) is 0 Å². The van der Waals surface area contributed by atoms with Crippen LogP contribution in [-0.4, -0.2) is 21.3 Å². The van der Waals surface area contributed by atoms with Gasteiger partial charge in [0, 0.05) is 22.8 Å². The number of aryl methyl sites for hydroxylation is 1. The molecule has 0 saturated heterocycles. The lowest BCUT2D eigenvalue weighted by atomic mass is 10.1. The predicted molar refractivity (Wildman–Crippen MR) is 114 cm³/mol. The van der Waals surface area contributed by atoms with Crippen molar-refractivity contribution in [3.63, 3.8) is 0 Å². The Kier molecular flexibility index (Phi) is 5.59. The molecule has 31 heavy (non-hydrogen) atoms. The summed E-state index contributed by atoms with van der Waals surface area (Å²) in [6, 6.07) is 13.0. The number of nitrogens with zero attached hydrogens (tertiary/aromatic N) is 2. The second kappa shape index (κ2) is 8.49. The van der Waals surface area contributed by atoms with Gasteiger partial charge in [0.05, 0.1) is 16.8 Å². The number of ether oxygens (including phenoxy) is 1. The highest BCUT2D eigenvalue weighted by molar-refractivity contribution is 7.15. The van der Waals surface area contributed by atoms with Crippen molar-refractivity contribution in [1.82, 2.24) is 9.38 Å². The fraction of sp³-hybridized carbons (Fsp3) is 0.0909. The third-order valence-electron chi connectivity index (χ3n) is 4.45. The number of halogens is 1. The van der Waals surface area contributed by atoms with Crippen LogP contribution in [0.25, 0.3) is 4.96 Å². The molecule has 0 unspecified atom stereocenters. The fourth-order valence-electron chi connectivity index (χ4n) is 2.97. The Hall–Kier alpha value is -3.85. The number of hydrogen-bond donors (Lipinski definition) is 1. The third-order valence-corrected chi connectivity index (χ3v) is 5.40. The lowest BCUT2D eigenvalue weighted by Gasteiger charge is -2.08. The molecule has 7 nitrogen and oxygen atoms in total. The van der Waals surface area contributed by atoms with E-state index in [1.54, 1.807) is 18.2 Å². The second-order valence-corrected chi connectivity index (χ2v) is 7.51. The molecule has 0 aliphatic heterocycles. The van der Waals surface area contributed by atoms with Gasteiger partial charge in [0.1, 0.15) is 12.4 Å². The number of amides is 1. The van der Waals surface area contributed by atoms with Gasteiger partial charge in [0.15, 0.2) is 4.96 Å². The number of anilines is 1. The number of esters is 1. The first-order valence-corrected chi connectivity index (χ1v) is 10.1. The van der Waals surface area contributed by atoms with Crippen molar-refractivity contribution in [2.24, 2.45) is 0 Å². The molecule has 2 aromatic carbocycles. The lowest BCUT2D eigenvalue weighted by molar-refractivity contribution is 0.0467. The summed E-state index contributed by atoms with van der Waals surface area (Å²) in [6.07, 6.45) is 0. The van der Waals surface area contributed by atoms with Gasteiger partial charge in [0.25, 0.3) is 11.5 Å². The van der Waals surface area contributed by atoms with E-state index < -0.39 is 17.7 Å². The van der Waals surface area contributed by atoms with Crippen molar-refractivity contribution in [2.45, 2.75) is 13.5 Å². The summed E-state index contributed by atoms with van der Waals surface area (Å²) >= 11 is 1.32. The zero-order valence-corrected chi connectivity index (χ0v) is 17.1. The SMILES string of the molecule is Cc1csc2nc(COC(=O)c3cccc(NC(=O)c4ccccc4F)c3)cc(=O)n12. The maximum Gasteiger partial charge on any atom is 0.338 e. The van der Waals surface area contributed by atoms with E-state index in [4.69, 9.17) is 4.74 Å². The van der Waals surface area contributed by atoms with E-state index in [1.165, 1.54) is 52.1 Å². The Balaban J connectivity index is 1.45. The number of hydrogen-bond acceptors (Lipinski definition) is 6. The molecule has 0 spiro atoms. The first kappa shape index (κ1) is 20.4. The van der Waals surface area contributed by atoms with E-state index in [-0.39, 0.29) is 23.3 Å². The van der Waals surface area contributed by atoms with Crippen molar-refractivity contribution in [2.75, 3.05) is 5.32 Å². The maximum absolute atomic E-state index is 13.8. The molecule has 0 atom stereocenters. The zero-order chi connectivity index (χ0) is 22.0. The molecule has 4 aromatic rings. The van der Waals surface area contributed by atoms with Gasteiger partial charge in [-0.1, -0.05) is 18.2 Å². The molecule has 0 bridgehead atoms. The van der Waals surface area contributed by atoms with Crippen LogP contribution >= 0.6 is 11.3 Å². The Morgan fingerprint density at radius 2 is 1.97 bits per heavy atom. The van der Waals surface area contributed by atoms with Crippen LogP contribution in [0.3, 0.4) is 0 Å². The quantitative estimate of drug-likeness (QED) is 0.480. The fourth-order valence-corrected chi connectivity index (χ4v) is 3.86. The van der Waals surface area contributed by atoms with Gasteiger partial charge in [-0.25, -0.2) is 14.2 Å². The lowest BCUT2D eigenvalue weighted by Crippen LogP contribution is -2.16. The summed E-state index contributed by atoms with van der Waals surface area (Å²) in [5, 5.41) is 4.38. The van der Waals surface area contributed by atoms with Crippen LogP contribution in [0.2, 0.25) is 0 Å². The van der Waals surface area contributed by atoms with Crippen molar-refractivity contribution in [3.8, 4) is 0 Å². The largest absolute Gasteiger partial charge is 0.456 e. The topological polar surface area (TPSA) is 89.8 Å². The molecule has 4 rings (SSSR count). The number of thiazole rings is 1.